The highest BCUT2D eigenvalue weighted by Crippen LogP contribution is 2.43. The smallest absolute Gasteiger partial charge is 0.0599 e. The van der Waals surface area contributed by atoms with Crippen molar-refractivity contribution in [3.05, 3.63) is 0 Å². The Balaban J connectivity index is 2.61. The van der Waals surface area contributed by atoms with Crippen molar-refractivity contribution in [2.45, 2.75) is 64.6 Å². The van der Waals surface area contributed by atoms with Crippen LogP contribution in [0.5, 0.6) is 0 Å². The summed E-state index contributed by atoms with van der Waals surface area (Å²) in [4.78, 5) is 0. The molecule has 1 rings (SSSR count). The highest BCUT2D eigenvalue weighted by atomic mass is 16.3. The highest BCUT2D eigenvalue weighted by Gasteiger charge is 2.38. The summed E-state index contributed by atoms with van der Waals surface area (Å²) in [7, 11) is 0. The van der Waals surface area contributed by atoms with Crippen LogP contribution in [0.2, 0.25) is 0 Å². The van der Waals surface area contributed by atoms with Crippen LogP contribution in [0, 0.1) is 17.3 Å². The summed E-state index contributed by atoms with van der Waals surface area (Å²) in [5.41, 5.74) is -0.229. The Morgan fingerprint density at radius 2 is 1.74 bits per heavy atom. The predicted molar refractivity (Wildman–Crippen MR) is 74.6 cm³/mol. The first-order valence-corrected chi connectivity index (χ1v) is 7.56. The van der Waals surface area contributed by atoms with Crippen LogP contribution in [-0.4, -0.2) is 45.8 Å². The number of aliphatic hydroxyl groups is 4. The molecule has 0 spiro atoms. The summed E-state index contributed by atoms with van der Waals surface area (Å²) in [5, 5.41) is 38.9. The van der Waals surface area contributed by atoms with E-state index in [-0.39, 0.29) is 24.5 Å². The van der Waals surface area contributed by atoms with Gasteiger partial charge in [0.05, 0.1) is 12.2 Å². The van der Waals surface area contributed by atoms with Gasteiger partial charge in [0.2, 0.25) is 0 Å². The minimum atomic E-state index is -0.567. The molecule has 0 radical (unpaired) electrons. The third-order valence-corrected chi connectivity index (χ3v) is 4.99. The molecule has 0 aromatic rings. The molecular weight excluding hydrogens is 244 g/mol. The van der Waals surface area contributed by atoms with Crippen LogP contribution in [0.1, 0.15) is 52.4 Å². The Kier molecular flexibility index (Phi) is 6.74. The zero-order valence-corrected chi connectivity index (χ0v) is 12.3. The van der Waals surface area contributed by atoms with Gasteiger partial charge in [0.25, 0.3) is 0 Å². The van der Waals surface area contributed by atoms with Crippen LogP contribution in [0.25, 0.3) is 0 Å². The van der Waals surface area contributed by atoms with Gasteiger partial charge in [-0.05, 0) is 56.8 Å². The van der Waals surface area contributed by atoms with E-state index in [1.54, 1.807) is 6.92 Å². The van der Waals surface area contributed by atoms with Crippen LogP contribution in [0.3, 0.4) is 0 Å². The van der Waals surface area contributed by atoms with E-state index in [0.717, 1.165) is 32.1 Å². The molecule has 4 nitrogen and oxygen atoms in total. The lowest BCUT2D eigenvalue weighted by molar-refractivity contribution is -0.0404. The van der Waals surface area contributed by atoms with Crippen molar-refractivity contribution in [3.8, 4) is 0 Å². The fourth-order valence-electron chi connectivity index (χ4n) is 3.43. The Hall–Kier alpha value is -0.160. The van der Waals surface area contributed by atoms with Crippen molar-refractivity contribution in [1.29, 1.82) is 0 Å². The number of hydrogen-bond acceptors (Lipinski definition) is 4. The third kappa shape index (κ3) is 4.42. The number of rotatable bonds is 7. The Morgan fingerprint density at radius 1 is 1.16 bits per heavy atom. The molecule has 1 saturated carbocycles. The van der Waals surface area contributed by atoms with Gasteiger partial charge in [-0.1, -0.05) is 6.92 Å². The summed E-state index contributed by atoms with van der Waals surface area (Å²) in [6, 6.07) is 0. The second-order valence-electron chi connectivity index (χ2n) is 6.37. The zero-order chi connectivity index (χ0) is 14.5. The van der Waals surface area contributed by atoms with Gasteiger partial charge in [0, 0.05) is 19.1 Å². The molecule has 19 heavy (non-hydrogen) atoms. The summed E-state index contributed by atoms with van der Waals surface area (Å²) >= 11 is 0. The van der Waals surface area contributed by atoms with E-state index in [1.165, 1.54) is 0 Å². The molecule has 0 bridgehead atoms. The molecule has 0 aliphatic heterocycles. The van der Waals surface area contributed by atoms with Gasteiger partial charge in [-0.25, -0.2) is 0 Å². The van der Waals surface area contributed by atoms with E-state index in [4.69, 9.17) is 5.11 Å². The molecule has 1 aliphatic rings. The molecule has 0 aromatic heterocycles. The lowest BCUT2D eigenvalue weighted by Crippen LogP contribution is -2.39. The van der Waals surface area contributed by atoms with Gasteiger partial charge in [-0.3, -0.25) is 0 Å². The van der Waals surface area contributed by atoms with E-state index in [9.17, 15) is 15.3 Å². The van der Waals surface area contributed by atoms with Crippen molar-refractivity contribution in [1.82, 2.24) is 0 Å². The molecule has 4 heteroatoms. The van der Waals surface area contributed by atoms with Gasteiger partial charge in [-0.15, -0.1) is 0 Å². The maximum absolute atomic E-state index is 10.3. The molecule has 0 heterocycles. The number of hydrogen-bond donors (Lipinski definition) is 4. The second-order valence-corrected chi connectivity index (χ2v) is 6.37. The van der Waals surface area contributed by atoms with Gasteiger partial charge in [0.1, 0.15) is 0 Å². The number of aliphatic hydroxyl groups excluding tert-OH is 4. The lowest BCUT2D eigenvalue weighted by atomic mass is 9.67. The van der Waals surface area contributed by atoms with E-state index >= 15 is 0 Å². The Morgan fingerprint density at radius 3 is 2.11 bits per heavy atom. The predicted octanol–water partition coefficient (Wildman–Crippen LogP) is 1.31. The normalized spacial score (nSPS) is 32.8. The van der Waals surface area contributed by atoms with Crippen LogP contribution >= 0.6 is 0 Å². The first-order valence-electron chi connectivity index (χ1n) is 7.56. The minimum absolute atomic E-state index is 0.0818. The Labute approximate surface area is 116 Å². The third-order valence-electron chi connectivity index (χ3n) is 4.99. The van der Waals surface area contributed by atoms with Crippen molar-refractivity contribution >= 4 is 0 Å². The van der Waals surface area contributed by atoms with Crippen molar-refractivity contribution in [2.75, 3.05) is 13.2 Å². The maximum Gasteiger partial charge on any atom is 0.0599 e. The van der Waals surface area contributed by atoms with Gasteiger partial charge in [-0.2, -0.15) is 0 Å². The second kappa shape index (κ2) is 7.58. The average Bonchev–Trinajstić information content (AvgIpc) is 2.39. The summed E-state index contributed by atoms with van der Waals surface area (Å²) in [5.74, 6) is 0.217. The van der Waals surface area contributed by atoms with E-state index in [0.29, 0.717) is 12.3 Å². The molecule has 1 fully saturated rings. The van der Waals surface area contributed by atoms with Gasteiger partial charge < -0.3 is 20.4 Å². The van der Waals surface area contributed by atoms with Crippen molar-refractivity contribution in [3.63, 3.8) is 0 Å². The van der Waals surface area contributed by atoms with Gasteiger partial charge in [0.15, 0.2) is 0 Å². The van der Waals surface area contributed by atoms with Crippen molar-refractivity contribution < 1.29 is 20.4 Å². The van der Waals surface area contributed by atoms with Crippen molar-refractivity contribution in [2.24, 2.45) is 17.3 Å². The molecule has 0 saturated heterocycles. The topological polar surface area (TPSA) is 80.9 Å². The van der Waals surface area contributed by atoms with Crippen LogP contribution in [0.4, 0.5) is 0 Å². The molecule has 0 amide bonds. The van der Waals surface area contributed by atoms with Gasteiger partial charge >= 0.3 is 0 Å². The minimum Gasteiger partial charge on any atom is -0.396 e. The van der Waals surface area contributed by atoms with Crippen LogP contribution in [-0.2, 0) is 0 Å². The average molecular weight is 274 g/mol. The maximum atomic E-state index is 10.3. The summed E-state index contributed by atoms with van der Waals surface area (Å²) < 4.78 is 0. The monoisotopic (exact) mass is 274 g/mol. The first kappa shape index (κ1) is 16.9. The lowest BCUT2D eigenvalue weighted by Gasteiger charge is -2.41. The van der Waals surface area contributed by atoms with Crippen LogP contribution < -0.4 is 0 Å². The highest BCUT2D eigenvalue weighted by molar-refractivity contribution is 4.89. The fourth-order valence-corrected chi connectivity index (χ4v) is 3.43. The molecule has 114 valence electrons. The largest absolute Gasteiger partial charge is 0.396 e. The molecule has 3 unspecified atom stereocenters. The van der Waals surface area contributed by atoms with E-state index < -0.39 is 12.2 Å². The standard InChI is InChI=1S/C15H30O4/c1-3-13(11(2)18)14(19)8-15(10-17)6-4-12(9-16)5-7-15/h11-14,16-19H,3-10H2,1-2H3. The summed E-state index contributed by atoms with van der Waals surface area (Å²) in [6.07, 6.45) is 3.71. The molecular formula is C15H30O4. The fraction of sp³-hybridized carbons (Fsp3) is 1.00. The SMILES string of the molecule is CCC(C(C)O)C(O)CC1(CO)CCC(CO)CC1. The van der Waals surface area contributed by atoms with E-state index in [1.807, 2.05) is 6.92 Å². The molecule has 0 aromatic carbocycles. The van der Waals surface area contributed by atoms with Crippen LogP contribution in [0.15, 0.2) is 0 Å². The Bertz CT molecular complexity index is 247. The first-order chi connectivity index (χ1) is 8.98. The summed E-state index contributed by atoms with van der Waals surface area (Å²) in [6.45, 7) is 3.98. The molecule has 1 aliphatic carbocycles. The quantitative estimate of drug-likeness (QED) is 0.564. The molecule has 3 atom stereocenters. The zero-order valence-electron chi connectivity index (χ0n) is 12.3. The van der Waals surface area contributed by atoms with E-state index in [2.05, 4.69) is 0 Å². The molecule has 4 N–H and O–H groups in total.